The van der Waals surface area contributed by atoms with E-state index in [9.17, 15) is 14.4 Å². The van der Waals surface area contributed by atoms with Crippen LogP contribution in [0.5, 0.6) is 0 Å². The third kappa shape index (κ3) is 4.47. The van der Waals surface area contributed by atoms with Crippen molar-refractivity contribution in [1.29, 1.82) is 0 Å². The van der Waals surface area contributed by atoms with Gasteiger partial charge < -0.3 is 15.3 Å². The zero-order valence-corrected chi connectivity index (χ0v) is 14.5. The first-order valence-electron chi connectivity index (χ1n) is 7.84. The van der Waals surface area contributed by atoms with Crippen LogP contribution in [0.25, 0.3) is 0 Å². The summed E-state index contributed by atoms with van der Waals surface area (Å²) in [7, 11) is 0. The number of thioether (sulfide) groups is 1. The van der Waals surface area contributed by atoms with Gasteiger partial charge in [0.2, 0.25) is 5.91 Å². The minimum absolute atomic E-state index is 0.0356. The van der Waals surface area contributed by atoms with Gasteiger partial charge >= 0.3 is 5.97 Å². The molecule has 24 heavy (non-hydrogen) atoms. The zero-order chi connectivity index (χ0) is 17.7. The van der Waals surface area contributed by atoms with Crippen molar-refractivity contribution in [3.8, 4) is 0 Å². The Morgan fingerprint density at radius 3 is 2.58 bits per heavy atom. The van der Waals surface area contributed by atoms with Gasteiger partial charge in [0.15, 0.2) is 0 Å². The lowest BCUT2D eigenvalue weighted by Crippen LogP contribution is -2.38. The van der Waals surface area contributed by atoms with Gasteiger partial charge in [-0.15, -0.1) is 0 Å². The van der Waals surface area contributed by atoms with E-state index in [0.717, 1.165) is 25.9 Å². The molecule has 0 radical (unpaired) electrons. The molecule has 7 nitrogen and oxygen atoms in total. The molecule has 1 fully saturated rings. The first-order valence-corrected chi connectivity index (χ1v) is 8.72. The highest BCUT2D eigenvalue weighted by molar-refractivity contribution is 8.00. The number of hydrogen-bond donors (Lipinski definition) is 2. The number of carbonyl (C=O) groups is 3. The molecule has 8 heteroatoms. The summed E-state index contributed by atoms with van der Waals surface area (Å²) in [6.07, 6.45) is 3.59. The average Bonchev–Trinajstić information content (AvgIpc) is 3.08. The standard InChI is InChI=1S/C16H21N3O4S/c1-10(16(22)23)18-13(20)12-6-5-7-17-14(12)24-11(2)15(21)19-8-3-4-9-19/h5-7,10-11H,3-4,8-9H2,1-2H3,(H,18,20)(H,22,23)/t10-,11?/m1/s1. The van der Waals surface area contributed by atoms with Crippen LogP contribution < -0.4 is 5.32 Å². The maximum Gasteiger partial charge on any atom is 0.325 e. The molecule has 1 aliphatic heterocycles. The van der Waals surface area contributed by atoms with E-state index in [1.807, 2.05) is 4.90 Å². The van der Waals surface area contributed by atoms with Crippen LogP contribution in [0, 0.1) is 0 Å². The smallest absolute Gasteiger partial charge is 0.325 e. The first-order chi connectivity index (χ1) is 11.4. The fraction of sp³-hybridized carbons (Fsp3) is 0.500. The van der Waals surface area contributed by atoms with E-state index in [2.05, 4.69) is 10.3 Å². The molecule has 130 valence electrons. The number of aliphatic carboxylic acids is 1. The molecule has 1 aromatic heterocycles. The third-order valence-corrected chi connectivity index (χ3v) is 4.89. The van der Waals surface area contributed by atoms with Crippen LogP contribution in [0.4, 0.5) is 0 Å². The molecule has 2 heterocycles. The van der Waals surface area contributed by atoms with Crippen LogP contribution in [0.1, 0.15) is 37.0 Å². The van der Waals surface area contributed by atoms with Crippen molar-refractivity contribution in [2.24, 2.45) is 0 Å². The largest absolute Gasteiger partial charge is 0.480 e. The molecule has 1 aromatic rings. The summed E-state index contributed by atoms with van der Waals surface area (Å²) < 4.78 is 0. The molecular formula is C16H21N3O4S. The average molecular weight is 351 g/mol. The number of amides is 2. The number of nitrogens with one attached hydrogen (secondary N) is 1. The van der Waals surface area contributed by atoms with Gasteiger partial charge in [0.05, 0.1) is 10.8 Å². The van der Waals surface area contributed by atoms with Crippen molar-refractivity contribution in [3.63, 3.8) is 0 Å². The first kappa shape index (κ1) is 18.3. The Kier molecular flexibility index (Phi) is 6.19. The fourth-order valence-electron chi connectivity index (χ4n) is 2.41. The number of carboxylic acid groups (broad SMARTS) is 1. The summed E-state index contributed by atoms with van der Waals surface area (Å²) in [5.41, 5.74) is 0.275. The van der Waals surface area contributed by atoms with Gasteiger partial charge in [0.25, 0.3) is 5.91 Å². The normalized spacial score (nSPS) is 16.5. The number of carboxylic acids is 1. The molecular weight excluding hydrogens is 330 g/mol. The van der Waals surface area contributed by atoms with Gasteiger partial charge in [-0.25, -0.2) is 4.98 Å². The Morgan fingerprint density at radius 2 is 1.96 bits per heavy atom. The van der Waals surface area contributed by atoms with E-state index in [1.54, 1.807) is 25.3 Å². The van der Waals surface area contributed by atoms with Gasteiger partial charge in [0.1, 0.15) is 11.1 Å². The lowest BCUT2D eigenvalue weighted by molar-refractivity contribution is -0.138. The van der Waals surface area contributed by atoms with E-state index in [0.29, 0.717) is 5.03 Å². The number of nitrogens with zero attached hydrogens (tertiary/aromatic N) is 2. The lowest BCUT2D eigenvalue weighted by Gasteiger charge is -2.20. The molecule has 2 rings (SSSR count). The molecule has 0 aromatic carbocycles. The number of pyridine rings is 1. The predicted molar refractivity (Wildman–Crippen MR) is 89.9 cm³/mol. The highest BCUT2D eigenvalue weighted by Crippen LogP contribution is 2.26. The van der Waals surface area contributed by atoms with Gasteiger partial charge in [-0.05, 0) is 38.8 Å². The van der Waals surface area contributed by atoms with E-state index in [4.69, 9.17) is 5.11 Å². The van der Waals surface area contributed by atoms with Crippen LogP contribution in [0.2, 0.25) is 0 Å². The quantitative estimate of drug-likeness (QED) is 0.751. The highest BCUT2D eigenvalue weighted by Gasteiger charge is 2.26. The van der Waals surface area contributed by atoms with E-state index in [1.165, 1.54) is 18.7 Å². The minimum Gasteiger partial charge on any atom is -0.480 e. The van der Waals surface area contributed by atoms with E-state index in [-0.39, 0.29) is 16.7 Å². The maximum atomic E-state index is 12.4. The number of aromatic nitrogens is 1. The molecule has 0 saturated carbocycles. The van der Waals surface area contributed by atoms with Crippen molar-refractivity contribution in [2.45, 2.75) is 43.0 Å². The molecule has 0 spiro atoms. The number of carbonyl (C=O) groups excluding carboxylic acids is 2. The second-order valence-corrected chi connectivity index (χ2v) is 7.01. The minimum atomic E-state index is -1.11. The summed E-state index contributed by atoms with van der Waals surface area (Å²) in [6, 6.07) is 2.18. The van der Waals surface area contributed by atoms with Crippen molar-refractivity contribution in [1.82, 2.24) is 15.2 Å². The SMILES string of the molecule is CC(Sc1ncccc1C(=O)N[C@H](C)C(=O)O)C(=O)N1CCCC1. The number of hydrogen-bond acceptors (Lipinski definition) is 5. The molecule has 2 amide bonds. The number of likely N-dealkylation sites (tertiary alicyclic amines) is 1. The molecule has 1 saturated heterocycles. The molecule has 1 aliphatic rings. The number of rotatable bonds is 6. The molecule has 2 N–H and O–H groups in total. The van der Waals surface area contributed by atoms with Crippen LogP contribution in [-0.4, -0.2) is 57.2 Å². The Morgan fingerprint density at radius 1 is 1.29 bits per heavy atom. The highest BCUT2D eigenvalue weighted by atomic mass is 32.2. The zero-order valence-electron chi connectivity index (χ0n) is 13.7. The maximum absolute atomic E-state index is 12.4. The predicted octanol–water partition coefficient (Wildman–Crippen LogP) is 1.39. The van der Waals surface area contributed by atoms with Crippen LogP contribution in [-0.2, 0) is 9.59 Å². The van der Waals surface area contributed by atoms with Crippen LogP contribution in [0.15, 0.2) is 23.4 Å². The second-order valence-electron chi connectivity index (χ2n) is 5.68. The molecule has 0 bridgehead atoms. The second kappa shape index (κ2) is 8.14. The molecule has 1 unspecified atom stereocenters. The fourth-order valence-corrected chi connectivity index (χ4v) is 3.40. The topological polar surface area (TPSA) is 99.6 Å². The molecule has 0 aliphatic carbocycles. The lowest BCUT2D eigenvalue weighted by atomic mass is 10.2. The Balaban J connectivity index is 2.09. The summed E-state index contributed by atoms with van der Waals surface area (Å²) in [5, 5.41) is 11.4. The Hall–Kier alpha value is -2.09. The van der Waals surface area contributed by atoms with E-state index >= 15 is 0 Å². The van der Waals surface area contributed by atoms with Gasteiger partial charge in [-0.3, -0.25) is 14.4 Å². The van der Waals surface area contributed by atoms with Crippen molar-refractivity contribution < 1.29 is 19.5 Å². The molecule has 2 atom stereocenters. The summed E-state index contributed by atoms with van der Waals surface area (Å²) in [6.45, 7) is 4.73. The van der Waals surface area contributed by atoms with Crippen LogP contribution in [0.3, 0.4) is 0 Å². The third-order valence-electron chi connectivity index (χ3n) is 3.79. The van der Waals surface area contributed by atoms with Gasteiger partial charge in [-0.1, -0.05) is 11.8 Å². The van der Waals surface area contributed by atoms with Crippen LogP contribution >= 0.6 is 11.8 Å². The van der Waals surface area contributed by atoms with Crippen molar-refractivity contribution >= 4 is 29.5 Å². The summed E-state index contributed by atoms with van der Waals surface area (Å²) >= 11 is 1.22. The Bertz CT molecular complexity index is 632. The summed E-state index contributed by atoms with van der Waals surface area (Å²) in [4.78, 5) is 41.6. The monoisotopic (exact) mass is 351 g/mol. The van der Waals surface area contributed by atoms with Gasteiger partial charge in [-0.2, -0.15) is 0 Å². The van der Waals surface area contributed by atoms with Crippen molar-refractivity contribution in [2.75, 3.05) is 13.1 Å². The summed E-state index contributed by atoms with van der Waals surface area (Å²) in [5.74, 6) is -1.59. The Labute approximate surface area is 144 Å². The van der Waals surface area contributed by atoms with Crippen molar-refractivity contribution in [3.05, 3.63) is 23.9 Å². The van der Waals surface area contributed by atoms with Gasteiger partial charge in [0, 0.05) is 19.3 Å². The van der Waals surface area contributed by atoms with E-state index < -0.39 is 17.9 Å².